The summed E-state index contributed by atoms with van der Waals surface area (Å²) in [6, 6.07) is 13.3. The molecule has 0 heterocycles. The fourth-order valence-corrected chi connectivity index (χ4v) is 2.77. The molecule has 0 unspecified atom stereocenters. The Morgan fingerprint density at radius 1 is 1.15 bits per heavy atom. The molecule has 0 spiro atoms. The summed E-state index contributed by atoms with van der Waals surface area (Å²) in [4.78, 5) is 12.3. The number of fused-ring (bicyclic) bond motifs is 1. The maximum absolute atomic E-state index is 12.3. The minimum atomic E-state index is -0.0104. The van der Waals surface area contributed by atoms with E-state index in [4.69, 9.17) is 17.3 Å². The van der Waals surface area contributed by atoms with Crippen molar-refractivity contribution in [3.63, 3.8) is 0 Å². The first-order valence-electron chi connectivity index (χ1n) is 6.56. The van der Waals surface area contributed by atoms with Gasteiger partial charge in [-0.3, -0.25) is 4.79 Å². The number of halogens is 1. The van der Waals surface area contributed by atoms with E-state index in [0.29, 0.717) is 16.4 Å². The van der Waals surface area contributed by atoms with Gasteiger partial charge in [-0.15, -0.1) is 0 Å². The molecule has 0 fully saturated rings. The lowest BCUT2D eigenvalue weighted by molar-refractivity contribution is -0.119. The molecule has 0 saturated carbocycles. The van der Waals surface area contributed by atoms with Gasteiger partial charge in [0.05, 0.1) is 10.7 Å². The quantitative estimate of drug-likeness (QED) is 0.833. The largest absolute Gasteiger partial charge is 0.398 e. The Bertz CT molecular complexity index is 644. The molecule has 0 saturated heterocycles. The monoisotopic (exact) mass is 286 g/mol. The van der Waals surface area contributed by atoms with E-state index in [2.05, 4.69) is 17.4 Å². The molecule has 0 radical (unpaired) electrons. The third-order valence-electron chi connectivity index (χ3n) is 3.69. The van der Waals surface area contributed by atoms with Crippen molar-refractivity contribution < 1.29 is 4.79 Å². The van der Waals surface area contributed by atoms with Crippen molar-refractivity contribution >= 4 is 28.9 Å². The Balaban J connectivity index is 1.71. The van der Waals surface area contributed by atoms with Gasteiger partial charge in [-0.25, -0.2) is 0 Å². The minimum absolute atomic E-state index is 0.0104. The summed E-state index contributed by atoms with van der Waals surface area (Å²) in [6.07, 6.45) is 1.59. The van der Waals surface area contributed by atoms with Crippen molar-refractivity contribution in [1.29, 1.82) is 0 Å². The summed E-state index contributed by atoms with van der Waals surface area (Å²) in [7, 11) is 0. The number of hydrogen-bond acceptors (Lipinski definition) is 2. The summed E-state index contributed by atoms with van der Waals surface area (Å²) in [5.74, 6) is 0.0192. The highest BCUT2D eigenvalue weighted by Gasteiger charge is 2.27. The van der Waals surface area contributed by atoms with Crippen molar-refractivity contribution in [2.45, 2.75) is 12.8 Å². The number of nitrogen functional groups attached to an aromatic ring is 1. The van der Waals surface area contributed by atoms with Gasteiger partial charge in [-0.05, 0) is 42.2 Å². The highest BCUT2D eigenvalue weighted by Crippen LogP contribution is 2.28. The molecule has 102 valence electrons. The Morgan fingerprint density at radius 3 is 2.40 bits per heavy atom. The Labute approximate surface area is 122 Å². The lowest BCUT2D eigenvalue weighted by atomic mass is 10.1. The number of carbonyl (C=O) groups excluding carboxylic acids is 1. The van der Waals surface area contributed by atoms with E-state index < -0.39 is 0 Å². The number of nitrogens with one attached hydrogen (secondary N) is 1. The zero-order valence-corrected chi connectivity index (χ0v) is 11.7. The van der Waals surface area contributed by atoms with E-state index in [1.54, 1.807) is 18.2 Å². The number of rotatable bonds is 2. The van der Waals surface area contributed by atoms with E-state index in [1.807, 2.05) is 12.1 Å². The second kappa shape index (κ2) is 5.17. The molecule has 3 rings (SSSR count). The predicted octanol–water partition coefficient (Wildman–Crippen LogP) is 3.28. The van der Waals surface area contributed by atoms with E-state index in [-0.39, 0.29) is 11.8 Å². The summed E-state index contributed by atoms with van der Waals surface area (Å²) >= 11 is 5.95. The average Bonchev–Trinajstić information content (AvgIpc) is 2.87. The van der Waals surface area contributed by atoms with Crippen LogP contribution in [0.1, 0.15) is 11.1 Å². The SMILES string of the molecule is Nc1ccc(NC(=O)C2Cc3ccccc3C2)cc1Cl. The van der Waals surface area contributed by atoms with Gasteiger partial charge in [0, 0.05) is 11.6 Å². The van der Waals surface area contributed by atoms with Gasteiger partial charge < -0.3 is 11.1 Å². The van der Waals surface area contributed by atoms with Crippen LogP contribution in [0.4, 0.5) is 11.4 Å². The molecule has 2 aromatic carbocycles. The van der Waals surface area contributed by atoms with Crippen LogP contribution in [0.25, 0.3) is 0 Å². The number of hydrogen-bond donors (Lipinski definition) is 2. The van der Waals surface area contributed by atoms with Crippen LogP contribution in [0.2, 0.25) is 5.02 Å². The molecule has 1 aliphatic rings. The summed E-state index contributed by atoms with van der Waals surface area (Å²) in [5.41, 5.74) is 9.39. The van der Waals surface area contributed by atoms with Crippen molar-refractivity contribution in [1.82, 2.24) is 0 Å². The molecule has 0 aliphatic heterocycles. The second-order valence-electron chi connectivity index (χ2n) is 5.10. The molecule has 1 aliphatic carbocycles. The molecule has 3 N–H and O–H groups in total. The first-order chi connectivity index (χ1) is 9.63. The fraction of sp³-hybridized carbons (Fsp3) is 0.188. The third-order valence-corrected chi connectivity index (χ3v) is 4.02. The van der Waals surface area contributed by atoms with Crippen LogP contribution in [-0.2, 0) is 17.6 Å². The van der Waals surface area contributed by atoms with Crippen molar-refractivity contribution in [2.75, 3.05) is 11.1 Å². The molecule has 1 amide bonds. The maximum Gasteiger partial charge on any atom is 0.228 e. The topological polar surface area (TPSA) is 55.1 Å². The van der Waals surface area contributed by atoms with Crippen molar-refractivity contribution in [3.05, 3.63) is 58.6 Å². The summed E-state index contributed by atoms with van der Waals surface area (Å²) < 4.78 is 0. The van der Waals surface area contributed by atoms with Crippen LogP contribution in [-0.4, -0.2) is 5.91 Å². The predicted molar refractivity (Wildman–Crippen MR) is 81.8 cm³/mol. The lowest BCUT2D eigenvalue weighted by Gasteiger charge is -2.11. The van der Waals surface area contributed by atoms with Crippen LogP contribution >= 0.6 is 11.6 Å². The normalized spacial score (nSPS) is 14.1. The standard InChI is InChI=1S/C16H15ClN2O/c17-14-9-13(5-6-15(14)18)19-16(20)12-7-10-3-1-2-4-11(10)8-12/h1-6,9,12H,7-8,18H2,(H,19,20). The Hall–Kier alpha value is -2.00. The number of benzene rings is 2. The molecule has 4 heteroatoms. The number of amides is 1. The van der Waals surface area contributed by atoms with Gasteiger partial charge in [0.15, 0.2) is 0 Å². The van der Waals surface area contributed by atoms with Gasteiger partial charge in [0.25, 0.3) is 0 Å². The van der Waals surface area contributed by atoms with Crippen LogP contribution in [0.5, 0.6) is 0 Å². The van der Waals surface area contributed by atoms with Crippen LogP contribution in [0.3, 0.4) is 0 Å². The van der Waals surface area contributed by atoms with Crippen LogP contribution < -0.4 is 11.1 Å². The number of anilines is 2. The molecule has 2 aromatic rings. The second-order valence-corrected chi connectivity index (χ2v) is 5.51. The summed E-state index contributed by atoms with van der Waals surface area (Å²) in [6.45, 7) is 0. The Kier molecular flexibility index (Phi) is 3.36. The molecule has 20 heavy (non-hydrogen) atoms. The zero-order valence-electron chi connectivity index (χ0n) is 10.9. The minimum Gasteiger partial charge on any atom is -0.398 e. The van der Waals surface area contributed by atoms with Crippen LogP contribution in [0, 0.1) is 5.92 Å². The number of nitrogens with two attached hydrogens (primary N) is 1. The van der Waals surface area contributed by atoms with Crippen molar-refractivity contribution in [3.8, 4) is 0 Å². The zero-order chi connectivity index (χ0) is 14.1. The van der Waals surface area contributed by atoms with Gasteiger partial charge in [0.2, 0.25) is 5.91 Å². The van der Waals surface area contributed by atoms with E-state index in [0.717, 1.165) is 12.8 Å². The first-order valence-corrected chi connectivity index (χ1v) is 6.94. The summed E-state index contributed by atoms with van der Waals surface area (Å²) in [5, 5.41) is 3.36. The van der Waals surface area contributed by atoms with Gasteiger partial charge >= 0.3 is 0 Å². The molecule has 3 nitrogen and oxygen atoms in total. The average molecular weight is 287 g/mol. The lowest BCUT2D eigenvalue weighted by Crippen LogP contribution is -2.23. The molecular formula is C16H15ClN2O. The number of carbonyl (C=O) groups is 1. The highest BCUT2D eigenvalue weighted by atomic mass is 35.5. The van der Waals surface area contributed by atoms with Gasteiger partial charge in [-0.2, -0.15) is 0 Å². The van der Waals surface area contributed by atoms with Crippen LogP contribution in [0.15, 0.2) is 42.5 Å². The van der Waals surface area contributed by atoms with E-state index >= 15 is 0 Å². The molecular weight excluding hydrogens is 272 g/mol. The third kappa shape index (κ3) is 2.49. The van der Waals surface area contributed by atoms with Gasteiger partial charge in [-0.1, -0.05) is 35.9 Å². The van der Waals surface area contributed by atoms with Gasteiger partial charge in [0.1, 0.15) is 0 Å². The Morgan fingerprint density at radius 2 is 1.80 bits per heavy atom. The smallest absolute Gasteiger partial charge is 0.228 e. The van der Waals surface area contributed by atoms with E-state index in [1.165, 1.54) is 11.1 Å². The molecule has 0 atom stereocenters. The fourth-order valence-electron chi connectivity index (χ4n) is 2.59. The maximum atomic E-state index is 12.3. The highest BCUT2D eigenvalue weighted by molar-refractivity contribution is 6.33. The van der Waals surface area contributed by atoms with Crippen molar-refractivity contribution in [2.24, 2.45) is 5.92 Å². The van der Waals surface area contributed by atoms with E-state index in [9.17, 15) is 4.79 Å². The first kappa shape index (κ1) is 13.0. The molecule has 0 aromatic heterocycles. The molecule has 0 bridgehead atoms.